The highest BCUT2D eigenvalue weighted by atomic mass is 32.2. The lowest BCUT2D eigenvalue weighted by Gasteiger charge is -2.07. The summed E-state index contributed by atoms with van der Waals surface area (Å²) in [7, 11) is 0. The first-order chi connectivity index (χ1) is 9.22. The molecule has 0 aromatic heterocycles. The van der Waals surface area contributed by atoms with E-state index in [9.17, 15) is 4.79 Å². The van der Waals surface area contributed by atoms with Gasteiger partial charge in [-0.15, -0.1) is 0 Å². The van der Waals surface area contributed by atoms with Crippen molar-refractivity contribution in [1.82, 2.24) is 0 Å². The molecule has 0 spiro atoms. The molecule has 1 aliphatic heterocycles. The standard InChI is InChI=1S/C16H14O2S/c17-16(18)10-11-5-6-13-8-7-12-3-1-2-4-14(12)19-15(13)9-11/h1-6,9H,7-8,10H2,(H,17,18). The topological polar surface area (TPSA) is 37.3 Å². The van der Waals surface area contributed by atoms with Crippen LogP contribution in [0.1, 0.15) is 16.7 Å². The van der Waals surface area contributed by atoms with E-state index in [4.69, 9.17) is 5.11 Å². The van der Waals surface area contributed by atoms with Crippen molar-refractivity contribution in [2.45, 2.75) is 29.1 Å². The molecule has 0 radical (unpaired) electrons. The quantitative estimate of drug-likeness (QED) is 0.906. The van der Waals surface area contributed by atoms with Gasteiger partial charge >= 0.3 is 5.97 Å². The number of benzene rings is 2. The average Bonchev–Trinajstić information content (AvgIpc) is 2.56. The number of rotatable bonds is 2. The van der Waals surface area contributed by atoms with Crippen molar-refractivity contribution in [3.05, 3.63) is 59.2 Å². The molecule has 0 atom stereocenters. The fourth-order valence-corrected chi connectivity index (χ4v) is 3.58. The third kappa shape index (κ3) is 2.66. The molecule has 0 bridgehead atoms. The molecular weight excluding hydrogens is 256 g/mol. The Balaban J connectivity index is 1.97. The van der Waals surface area contributed by atoms with Gasteiger partial charge in [-0.1, -0.05) is 42.1 Å². The smallest absolute Gasteiger partial charge is 0.307 e. The van der Waals surface area contributed by atoms with Gasteiger partial charge in [-0.25, -0.2) is 0 Å². The molecule has 2 aromatic rings. The summed E-state index contributed by atoms with van der Waals surface area (Å²) < 4.78 is 0. The van der Waals surface area contributed by atoms with Gasteiger partial charge < -0.3 is 5.11 Å². The van der Waals surface area contributed by atoms with Crippen LogP contribution in [0.2, 0.25) is 0 Å². The second-order valence-corrected chi connectivity index (χ2v) is 5.81. The SMILES string of the molecule is O=C(O)Cc1ccc2c(c1)Sc1ccccc1CC2. The molecular formula is C16H14O2S. The van der Waals surface area contributed by atoms with Crippen molar-refractivity contribution in [1.29, 1.82) is 0 Å². The van der Waals surface area contributed by atoms with Crippen LogP contribution in [0.4, 0.5) is 0 Å². The molecule has 1 aliphatic rings. The first-order valence-electron chi connectivity index (χ1n) is 6.32. The number of fused-ring (bicyclic) bond motifs is 2. The largest absolute Gasteiger partial charge is 0.481 e. The van der Waals surface area contributed by atoms with Crippen LogP contribution >= 0.6 is 11.8 Å². The van der Waals surface area contributed by atoms with E-state index in [-0.39, 0.29) is 6.42 Å². The lowest BCUT2D eigenvalue weighted by molar-refractivity contribution is -0.136. The Morgan fingerprint density at radius 3 is 2.58 bits per heavy atom. The zero-order valence-electron chi connectivity index (χ0n) is 10.4. The summed E-state index contributed by atoms with van der Waals surface area (Å²) >= 11 is 1.75. The molecule has 1 N–H and O–H groups in total. The van der Waals surface area contributed by atoms with Crippen LogP contribution in [0.25, 0.3) is 0 Å². The Hall–Kier alpha value is -1.74. The van der Waals surface area contributed by atoms with Gasteiger partial charge in [-0.2, -0.15) is 0 Å². The van der Waals surface area contributed by atoms with Crippen molar-refractivity contribution in [3.8, 4) is 0 Å². The lowest BCUT2D eigenvalue weighted by Crippen LogP contribution is -2.00. The van der Waals surface area contributed by atoms with Gasteiger partial charge in [0.1, 0.15) is 0 Å². The molecule has 0 saturated carbocycles. The predicted octanol–water partition coefficient (Wildman–Crippen LogP) is 3.56. The van der Waals surface area contributed by atoms with Crippen LogP contribution in [-0.2, 0) is 24.1 Å². The number of carbonyl (C=O) groups is 1. The zero-order chi connectivity index (χ0) is 13.2. The van der Waals surface area contributed by atoms with E-state index in [1.807, 2.05) is 12.1 Å². The molecule has 2 nitrogen and oxygen atoms in total. The third-order valence-electron chi connectivity index (χ3n) is 3.34. The van der Waals surface area contributed by atoms with Crippen LogP contribution in [0.3, 0.4) is 0 Å². The predicted molar refractivity (Wildman–Crippen MR) is 75.8 cm³/mol. The number of hydrogen-bond acceptors (Lipinski definition) is 2. The molecule has 0 amide bonds. The first kappa shape index (κ1) is 12.3. The Morgan fingerprint density at radius 1 is 1.05 bits per heavy atom. The summed E-state index contributed by atoms with van der Waals surface area (Å²) in [5, 5.41) is 8.88. The second-order valence-electron chi connectivity index (χ2n) is 4.72. The van der Waals surface area contributed by atoms with Crippen molar-refractivity contribution in [3.63, 3.8) is 0 Å². The number of carboxylic acids is 1. The Morgan fingerprint density at radius 2 is 1.79 bits per heavy atom. The van der Waals surface area contributed by atoms with Gasteiger partial charge in [0.15, 0.2) is 0 Å². The number of carboxylic acid groups (broad SMARTS) is 1. The highest BCUT2D eigenvalue weighted by Crippen LogP contribution is 2.37. The summed E-state index contributed by atoms with van der Waals surface area (Å²) in [6.07, 6.45) is 2.16. The van der Waals surface area contributed by atoms with Gasteiger partial charge in [-0.3, -0.25) is 4.79 Å². The van der Waals surface area contributed by atoms with E-state index >= 15 is 0 Å². The van der Waals surface area contributed by atoms with Gasteiger partial charge in [-0.05, 0) is 41.7 Å². The van der Waals surface area contributed by atoms with E-state index in [1.54, 1.807) is 11.8 Å². The number of hydrogen-bond donors (Lipinski definition) is 1. The highest BCUT2D eigenvalue weighted by molar-refractivity contribution is 7.99. The van der Waals surface area contributed by atoms with Crippen molar-refractivity contribution in [2.24, 2.45) is 0 Å². The van der Waals surface area contributed by atoms with E-state index in [0.29, 0.717) is 0 Å². The van der Waals surface area contributed by atoms with Crippen LogP contribution in [0.15, 0.2) is 52.3 Å². The zero-order valence-corrected chi connectivity index (χ0v) is 11.2. The lowest BCUT2D eigenvalue weighted by atomic mass is 10.0. The molecule has 2 aromatic carbocycles. The van der Waals surface area contributed by atoms with Crippen molar-refractivity contribution < 1.29 is 9.90 Å². The van der Waals surface area contributed by atoms with Crippen LogP contribution in [-0.4, -0.2) is 11.1 Å². The van der Waals surface area contributed by atoms with E-state index < -0.39 is 5.97 Å². The Labute approximate surface area is 116 Å². The third-order valence-corrected chi connectivity index (χ3v) is 4.56. The van der Waals surface area contributed by atoms with E-state index in [1.165, 1.54) is 20.9 Å². The summed E-state index contributed by atoms with van der Waals surface area (Å²) in [5.74, 6) is -0.779. The molecule has 0 saturated heterocycles. The van der Waals surface area contributed by atoms with Crippen molar-refractivity contribution in [2.75, 3.05) is 0 Å². The summed E-state index contributed by atoms with van der Waals surface area (Å²) in [5.41, 5.74) is 3.57. The van der Waals surface area contributed by atoms with Gasteiger partial charge in [0.2, 0.25) is 0 Å². The minimum atomic E-state index is -0.779. The minimum absolute atomic E-state index is 0.0927. The summed E-state index contributed by atoms with van der Waals surface area (Å²) in [6, 6.07) is 14.5. The maximum atomic E-state index is 10.8. The summed E-state index contributed by atoms with van der Waals surface area (Å²) in [4.78, 5) is 13.3. The first-order valence-corrected chi connectivity index (χ1v) is 7.13. The highest BCUT2D eigenvalue weighted by Gasteiger charge is 2.14. The second kappa shape index (κ2) is 5.10. The number of aryl methyl sites for hydroxylation is 2. The van der Waals surface area contributed by atoms with E-state index in [2.05, 4.69) is 30.3 Å². The van der Waals surface area contributed by atoms with Gasteiger partial charge in [0.05, 0.1) is 6.42 Å². The Bertz CT molecular complexity index is 634. The Kier molecular flexibility index (Phi) is 3.30. The average molecular weight is 270 g/mol. The normalized spacial score (nSPS) is 13.3. The van der Waals surface area contributed by atoms with Gasteiger partial charge in [0.25, 0.3) is 0 Å². The molecule has 1 heterocycles. The number of aliphatic carboxylic acids is 1. The van der Waals surface area contributed by atoms with Gasteiger partial charge in [0, 0.05) is 9.79 Å². The summed E-state index contributed by atoms with van der Waals surface area (Å²) in [6.45, 7) is 0. The molecule has 19 heavy (non-hydrogen) atoms. The fourth-order valence-electron chi connectivity index (χ4n) is 2.38. The van der Waals surface area contributed by atoms with Crippen LogP contribution in [0.5, 0.6) is 0 Å². The molecule has 96 valence electrons. The maximum absolute atomic E-state index is 10.8. The monoisotopic (exact) mass is 270 g/mol. The fraction of sp³-hybridized carbons (Fsp3) is 0.188. The molecule has 0 fully saturated rings. The maximum Gasteiger partial charge on any atom is 0.307 e. The minimum Gasteiger partial charge on any atom is -0.481 e. The van der Waals surface area contributed by atoms with Crippen LogP contribution < -0.4 is 0 Å². The molecule has 0 unspecified atom stereocenters. The molecule has 3 rings (SSSR count). The van der Waals surface area contributed by atoms with Crippen LogP contribution in [0, 0.1) is 0 Å². The molecule has 0 aliphatic carbocycles. The van der Waals surface area contributed by atoms with E-state index in [0.717, 1.165) is 18.4 Å². The van der Waals surface area contributed by atoms with Crippen molar-refractivity contribution >= 4 is 17.7 Å². The molecule has 3 heteroatoms.